The molecule has 26 heavy (non-hydrogen) atoms. The van der Waals surface area contributed by atoms with Gasteiger partial charge in [-0.1, -0.05) is 17.7 Å². The van der Waals surface area contributed by atoms with Crippen molar-refractivity contribution in [3.05, 3.63) is 57.9 Å². The van der Waals surface area contributed by atoms with Gasteiger partial charge in [-0.15, -0.1) is 0 Å². The van der Waals surface area contributed by atoms with Crippen LogP contribution < -0.4 is 4.90 Å². The van der Waals surface area contributed by atoms with E-state index >= 15 is 0 Å². The van der Waals surface area contributed by atoms with E-state index in [1.165, 1.54) is 24.3 Å². The Morgan fingerprint density at radius 1 is 1.19 bits per heavy atom. The number of amides is 2. The number of hydrogen-bond acceptors (Lipinski definition) is 5. The van der Waals surface area contributed by atoms with E-state index in [-0.39, 0.29) is 34.9 Å². The molecule has 0 saturated heterocycles. The lowest BCUT2D eigenvalue weighted by atomic mass is 10.1. The van der Waals surface area contributed by atoms with E-state index in [9.17, 15) is 23.9 Å². The van der Waals surface area contributed by atoms with Crippen LogP contribution >= 0.6 is 11.6 Å². The lowest BCUT2D eigenvalue weighted by Crippen LogP contribution is -2.30. The van der Waals surface area contributed by atoms with Gasteiger partial charge in [-0.05, 0) is 36.8 Å². The van der Waals surface area contributed by atoms with Gasteiger partial charge >= 0.3 is 5.97 Å². The normalized spacial score (nSPS) is 13.1. The van der Waals surface area contributed by atoms with Crippen LogP contribution in [0.3, 0.4) is 0 Å². The van der Waals surface area contributed by atoms with Gasteiger partial charge in [-0.3, -0.25) is 14.4 Å². The van der Waals surface area contributed by atoms with Crippen LogP contribution in [0.5, 0.6) is 5.75 Å². The number of anilines is 1. The van der Waals surface area contributed by atoms with Crippen molar-refractivity contribution < 1.29 is 28.6 Å². The van der Waals surface area contributed by atoms with Gasteiger partial charge in [0, 0.05) is 0 Å². The van der Waals surface area contributed by atoms with E-state index in [0.717, 1.165) is 6.07 Å². The molecule has 0 unspecified atom stereocenters. The minimum Gasteiger partial charge on any atom is -0.507 e. The Morgan fingerprint density at radius 3 is 2.50 bits per heavy atom. The van der Waals surface area contributed by atoms with Crippen LogP contribution in [-0.2, 0) is 16.0 Å². The van der Waals surface area contributed by atoms with Crippen molar-refractivity contribution in [1.82, 2.24) is 0 Å². The molecule has 1 aliphatic heterocycles. The summed E-state index contributed by atoms with van der Waals surface area (Å²) in [5.41, 5.74) is -0.398. The number of aromatic hydroxyl groups is 1. The predicted molar refractivity (Wildman–Crippen MR) is 91.0 cm³/mol. The largest absolute Gasteiger partial charge is 0.507 e. The zero-order valence-corrected chi connectivity index (χ0v) is 14.3. The fourth-order valence-corrected chi connectivity index (χ4v) is 2.99. The summed E-state index contributed by atoms with van der Waals surface area (Å²) >= 11 is 5.95. The molecule has 0 aliphatic carbocycles. The number of halogens is 2. The summed E-state index contributed by atoms with van der Waals surface area (Å²) in [5.74, 6) is -3.50. The predicted octanol–water partition coefficient (Wildman–Crippen LogP) is 3.09. The molecule has 8 heteroatoms. The van der Waals surface area contributed by atoms with Crippen LogP contribution in [0.2, 0.25) is 5.02 Å². The van der Waals surface area contributed by atoms with Crippen LogP contribution in [0, 0.1) is 5.82 Å². The first-order valence-corrected chi connectivity index (χ1v) is 8.07. The second-order valence-electron chi connectivity index (χ2n) is 5.53. The fraction of sp³-hybridized carbons (Fsp3) is 0.167. The van der Waals surface area contributed by atoms with Gasteiger partial charge in [0.15, 0.2) is 0 Å². The van der Waals surface area contributed by atoms with E-state index in [1.54, 1.807) is 6.92 Å². The fourth-order valence-electron chi connectivity index (χ4n) is 2.75. The molecule has 0 saturated carbocycles. The number of ether oxygens (including phenoxy) is 1. The van der Waals surface area contributed by atoms with E-state index in [0.29, 0.717) is 10.5 Å². The zero-order valence-electron chi connectivity index (χ0n) is 13.6. The van der Waals surface area contributed by atoms with Crippen LogP contribution in [0.25, 0.3) is 0 Å². The van der Waals surface area contributed by atoms with Gasteiger partial charge in [0.25, 0.3) is 11.8 Å². The van der Waals surface area contributed by atoms with E-state index < -0.39 is 29.4 Å². The minimum absolute atomic E-state index is 0.0158. The zero-order chi connectivity index (χ0) is 19.0. The Labute approximate surface area is 152 Å². The summed E-state index contributed by atoms with van der Waals surface area (Å²) < 4.78 is 19.3. The van der Waals surface area contributed by atoms with Crippen LogP contribution in [0.1, 0.15) is 33.2 Å². The molecule has 2 aromatic rings. The molecule has 6 nitrogen and oxygen atoms in total. The number of carbonyl (C=O) groups is 3. The number of carbonyl (C=O) groups excluding carboxylic acids is 3. The summed E-state index contributed by atoms with van der Waals surface area (Å²) in [6, 6.07) is 6.16. The molecule has 1 N–H and O–H groups in total. The van der Waals surface area contributed by atoms with Crippen molar-refractivity contribution in [3.8, 4) is 5.75 Å². The molecule has 0 radical (unpaired) electrons. The van der Waals surface area contributed by atoms with E-state index in [1.807, 2.05) is 0 Å². The quantitative estimate of drug-likeness (QED) is 0.654. The molecule has 0 bridgehead atoms. The Balaban J connectivity index is 1.97. The first kappa shape index (κ1) is 17.9. The SMILES string of the molecule is CCOC(=O)Cc1ccc(N2C(=O)c3c(O)ccc(Cl)c3C2=O)c(F)c1. The first-order valence-electron chi connectivity index (χ1n) is 7.69. The molecule has 2 amide bonds. The number of esters is 1. The molecule has 0 aromatic heterocycles. The van der Waals surface area contributed by atoms with Gasteiger partial charge in [0.05, 0.1) is 34.9 Å². The smallest absolute Gasteiger partial charge is 0.310 e. The molecular weight excluding hydrogens is 365 g/mol. The van der Waals surface area contributed by atoms with Gasteiger partial charge < -0.3 is 9.84 Å². The number of rotatable bonds is 4. The Hall–Kier alpha value is -2.93. The molecule has 0 spiro atoms. The third kappa shape index (κ3) is 2.90. The van der Waals surface area contributed by atoms with Crippen molar-refractivity contribution >= 4 is 35.1 Å². The summed E-state index contributed by atoms with van der Waals surface area (Å²) in [6.45, 7) is 1.86. The van der Waals surface area contributed by atoms with E-state index in [2.05, 4.69) is 0 Å². The highest BCUT2D eigenvalue weighted by atomic mass is 35.5. The Morgan fingerprint density at radius 2 is 1.88 bits per heavy atom. The van der Waals surface area contributed by atoms with Crippen LogP contribution in [0.15, 0.2) is 30.3 Å². The molecule has 1 aliphatic rings. The summed E-state index contributed by atoms with van der Waals surface area (Å²) in [4.78, 5) is 37.2. The van der Waals surface area contributed by atoms with Crippen molar-refractivity contribution in [1.29, 1.82) is 0 Å². The minimum atomic E-state index is -0.873. The standard InChI is InChI=1S/C18H13ClFNO5/c1-2-26-14(23)8-9-3-5-12(11(20)7-9)21-17(24)15-10(19)4-6-13(22)16(15)18(21)25/h3-7,22H,2,8H2,1H3. The van der Waals surface area contributed by atoms with Crippen LogP contribution in [0.4, 0.5) is 10.1 Å². The first-order chi connectivity index (χ1) is 12.3. The number of hydrogen-bond donors (Lipinski definition) is 1. The number of phenols is 1. The number of imide groups is 1. The second kappa shape index (κ2) is 6.76. The topological polar surface area (TPSA) is 83.9 Å². The Kier molecular flexibility index (Phi) is 4.65. The monoisotopic (exact) mass is 377 g/mol. The average Bonchev–Trinajstić information content (AvgIpc) is 2.84. The average molecular weight is 378 g/mol. The lowest BCUT2D eigenvalue weighted by Gasteiger charge is -2.15. The second-order valence-corrected chi connectivity index (χ2v) is 5.94. The molecular formula is C18H13ClFNO5. The Bertz CT molecular complexity index is 902. The third-order valence-corrected chi connectivity index (χ3v) is 4.19. The third-order valence-electron chi connectivity index (χ3n) is 3.87. The molecule has 0 atom stereocenters. The summed E-state index contributed by atoms with van der Waals surface area (Å²) in [5, 5.41) is 9.85. The van der Waals surface area contributed by atoms with Crippen LogP contribution in [-0.4, -0.2) is 29.5 Å². The van der Waals surface area contributed by atoms with Gasteiger partial charge in [-0.25, -0.2) is 9.29 Å². The molecule has 2 aromatic carbocycles. The highest BCUT2D eigenvalue weighted by Crippen LogP contribution is 2.38. The highest BCUT2D eigenvalue weighted by molar-refractivity contribution is 6.42. The number of nitrogens with zero attached hydrogens (tertiary/aromatic N) is 1. The van der Waals surface area contributed by atoms with Crippen molar-refractivity contribution in [2.24, 2.45) is 0 Å². The van der Waals surface area contributed by atoms with Crippen molar-refractivity contribution in [2.45, 2.75) is 13.3 Å². The lowest BCUT2D eigenvalue weighted by molar-refractivity contribution is -0.142. The molecule has 3 rings (SSSR count). The maximum absolute atomic E-state index is 14.5. The van der Waals surface area contributed by atoms with Gasteiger partial charge in [0.1, 0.15) is 11.6 Å². The van der Waals surface area contributed by atoms with Crippen molar-refractivity contribution in [2.75, 3.05) is 11.5 Å². The maximum atomic E-state index is 14.5. The maximum Gasteiger partial charge on any atom is 0.310 e. The van der Waals surface area contributed by atoms with Crippen molar-refractivity contribution in [3.63, 3.8) is 0 Å². The number of benzene rings is 2. The molecule has 0 fully saturated rings. The van der Waals surface area contributed by atoms with Gasteiger partial charge in [0.2, 0.25) is 0 Å². The highest BCUT2D eigenvalue weighted by Gasteiger charge is 2.41. The van der Waals surface area contributed by atoms with Gasteiger partial charge in [-0.2, -0.15) is 0 Å². The molecule has 134 valence electrons. The number of phenolic OH excluding ortho intramolecular Hbond substituents is 1. The summed E-state index contributed by atoms with van der Waals surface area (Å²) in [6.07, 6.45) is -0.139. The molecule has 1 heterocycles. The van der Waals surface area contributed by atoms with E-state index in [4.69, 9.17) is 16.3 Å². The summed E-state index contributed by atoms with van der Waals surface area (Å²) in [7, 11) is 0. The number of fused-ring (bicyclic) bond motifs is 1.